The first-order valence-corrected chi connectivity index (χ1v) is 10.9. The maximum Gasteiger partial charge on any atom is 0.357 e. The quantitative estimate of drug-likeness (QED) is 0.693. The van der Waals surface area contributed by atoms with Gasteiger partial charge in [0.05, 0.1) is 11.4 Å². The first-order chi connectivity index (χ1) is 15.0. The van der Waals surface area contributed by atoms with Crippen molar-refractivity contribution in [1.29, 1.82) is 0 Å². The number of hydrogen-bond donors (Lipinski definition) is 2. The molecule has 31 heavy (non-hydrogen) atoms. The van der Waals surface area contributed by atoms with Crippen LogP contribution in [0.1, 0.15) is 67.5 Å². The molecule has 0 bridgehead atoms. The molecule has 164 valence electrons. The fourth-order valence-electron chi connectivity index (χ4n) is 3.99. The van der Waals surface area contributed by atoms with Gasteiger partial charge in [-0.25, -0.2) is 14.3 Å². The Morgan fingerprint density at radius 3 is 2.55 bits per heavy atom. The van der Waals surface area contributed by atoms with Crippen LogP contribution in [-0.4, -0.2) is 40.3 Å². The molecule has 2 N–H and O–H groups in total. The Morgan fingerprint density at radius 2 is 1.84 bits per heavy atom. The molecule has 8 nitrogen and oxygen atoms in total. The number of ether oxygens (including phenoxy) is 1. The third kappa shape index (κ3) is 5.31. The summed E-state index contributed by atoms with van der Waals surface area (Å²) in [5.74, 6) is -0.570. The molecule has 0 radical (unpaired) electrons. The van der Waals surface area contributed by atoms with E-state index in [1.807, 2.05) is 30.3 Å². The van der Waals surface area contributed by atoms with E-state index in [4.69, 9.17) is 4.74 Å². The average Bonchev–Trinajstić information content (AvgIpc) is 3.52. The van der Waals surface area contributed by atoms with Crippen molar-refractivity contribution in [2.75, 3.05) is 6.61 Å². The van der Waals surface area contributed by atoms with Crippen molar-refractivity contribution >= 4 is 17.9 Å². The lowest BCUT2D eigenvalue weighted by molar-refractivity contribution is -0.123. The predicted molar refractivity (Wildman–Crippen MR) is 114 cm³/mol. The van der Waals surface area contributed by atoms with Crippen molar-refractivity contribution in [2.24, 2.45) is 5.92 Å². The van der Waals surface area contributed by atoms with Gasteiger partial charge in [-0.2, -0.15) is 5.10 Å². The highest BCUT2D eigenvalue weighted by Crippen LogP contribution is 2.39. The van der Waals surface area contributed by atoms with Crippen LogP contribution >= 0.6 is 0 Å². The van der Waals surface area contributed by atoms with E-state index < -0.39 is 24.5 Å². The summed E-state index contributed by atoms with van der Waals surface area (Å²) in [4.78, 5) is 36.9. The predicted octanol–water partition coefficient (Wildman–Crippen LogP) is 3.31. The zero-order valence-corrected chi connectivity index (χ0v) is 17.7. The van der Waals surface area contributed by atoms with Crippen molar-refractivity contribution in [2.45, 2.75) is 57.4 Å². The van der Waals surface area contributed by atoms with Crippen LogP contribution in [0.2, 0.25) is 0 Å². The molecule has 2 aliphatic carbocycles. The number of para-hydroxylation sites is 1. The number of carbonyl (C=O) groups is 3. The number of esters is 1. The molecule has 0 aliphatic heterocycles. The van der Waals surface area contributed by atoms with Crippen LogP contribution in [0.15, 0.2) is 36.4 Å². The second kappa shape index (κ2) is 9.32. The molecule has 2 aliphatic rings. The lowest BCUT2D eigenvalue weighted by Crippen LogP contribution is -2.48. The number of hydrogen-bond acceptors (Lipinski definition) is 5. The molecular formula is C23H28N4O4. The van der Waals surface area contributed by atoms with Gasteiger partial charge in [-0.1, -0.05) is 38.0 Å². The first kappa shape index (κ1) is 21.1. The number of rotatable bonds is 6. The summed E-state index contributed by atoms with van der Waals surface area (Å²) in [7, 11) is 0. The van der Waals surface area contributed by atoms with E-state index in [2.05, 4.69) is 22.7 Å². The summed E-state index contributed by atoms with van der Waals surface area (Å²) in [6, 6.07) is 10.5. The monoisotopic (exact) mass is 424 g/mol. The van der Waals surface area contributed by atoms with Crippen molar-refractivity contribution in [3.05, 3.63) is 47.8 Å². The van der Waals surface area contributed by atoms with Crippen molar-refractivity contribution in [3.63, 3.8) is 0 Å². The van der Waals surface area contributed by atoms with Crippen molar-refractivity contribution in [1.82, 2.24) is 20.4 Å². The maximum atomic E-state index is 12.7. The Kier molecular flexibility index (Phi) is 6.34. The second-order valence-corrected chi connectivity index (χ2v) is 8.44. The van der Waals surface area contributed by atoms with Gasteiger partial charge >= 0.3 is 12.0 Å². The fraction of sp³-hybridized carbons (Fsp3) is 0.478. The highest BCUT2D eigenvalue weighted by atomic mass is 16.5. The summed E-state index contributed by atoms with van der Waals surface area (Å²) < 4.78 is 6.73. The minimum absolute atomic E-state index is 0.0603. The summed E-state index contributed by atoms with van der Waals surface area (Å²) in [5.41, 5.74) is 1.86. The first-order valence-electron chi connectivity index (χ1n) is 10.9. The number of urea groups is 1. The molecule has 2 fully saturated rings. The molecule has 0 saturated heterocycles. The zero-order valence-electron chi connectivity index (χ0n) is 17.7. The van der Waals surface area contributed by atoms with Gasteiger partial charge in [0.25, 0.3) is 5.91 Å². The molecular weight excluding hydrogens is 396 g/mol. The Labute approximate surface area is 181 Å². The molecule has 1 heterocycles. The number of carbonyl (C=O) groups excluding carboxylic acids is 3. The summed E-state index contributed by atoms with van der Waals surface area (Å²) >= 11 is 0. The number of aromatic nitrogens is 2. The molecule has 0 spiro atoms. The van der Waals surface area contributed by atoms with E-state index in [9.17, 15) is 14.4 Å². The number of nitrogens with zero attached hydrogens (tertiary/aromatic N) is 2. The molecule has 1 aromatic heterocycles. The van der Waals surface area contributed by atoms with Crippen LogP contribution in [0.5, 0.6) is 0 Å². The van der Waals surface area contributed by atoms with Crippen LogP contribution in [0.25, 0.3) is 5.69 Å². The van der Waals surface area contributed by atoms with E-state index in [0.717, 1.165) is 49.9 Å². The van der Waals surface area contributed by atoms with Crippen LogP contribution in [-0.2, 0) is 9.53 Å². The van der Waals surface area contributed by atoms with Crippen LogP contribution in [0.3, 0.4) is 0 Å². The third-order valence-corrected chi connectivity index (χ3v) is 5.95. The molecule has 8 heteroatoms. The van der Waals surface area contributed by atoms with Gasteiger partial charge in [-0.15, -0.1) is 0 Å². The highest BCUT2D eigenvalue weighted by molar-refractivity contribution is 5.96. The van der Waals surface area contributed by atoms with Crippen molar-refractivity contribution in [3.8, 4) is 5.69 Å². The van der Waals surface area contributed by atoms with Gasteiger partial charge in [0, 0.05) is 12.0 Å². The average molecular weight is 425 g/mol. The van der Waals surface area contributed by atoms with Gasteiger partial charge in [-0.05, 0) is 49.8 Å². The summed E-state index contributed by atoms with van der Waals surface area (Å²) in [5, 5.41) is 9.65. The third-order valence-electron chi connectivity index (χ3n) is 5.95. The molecule has 4 rings (SSSR count). The van der Waals surface area contributed by atoms with Gasteiger partial charge < -0.3 is 10.1 Å². The number of imide groups is 1. The lowest BCUT2D eigenvalue weighted by Gasteiger charge is -2.29. The highest BCUT2D eigenvalue weighted by Gasteiger charge is 2.30. The molecule has 1 aromatic carbocycles. The largest absolute Gasteiger partial charge is 0.451 e. The SMILES string of the molecule is C[C@H]1CCCC[C@H]1NC(=O)NC(=O)COC(=O)c1cc(C2CC2)nn1-c1ccccc1. The normalized spacial score (nSPS) is 20.7. The molecule has 2 aromatic rings. The van der Waals surface area contributed by atoms with Crippen LogP contribution in [0.4, 0.5) is 4.79 Å². The van der Waals surface area contributed by atoms with E-state index in [1.165, 1.54) is 0 Å². The smallest absolute Gasteiger partial charge is 0.357 e. The molecule has 3 amide bonds. The van der Waals surface area contributed by atoms with Gasteiger partial charge in [-0.3, -0.25) is 10.1 Å². The lowest BCUT2D eigenvalue weighted by atomic mass is 9.86. The Bertz CT molecular complexity index is 952. The minimum atomic E-state index is -0.664. The molecule has 0 unspecified atom stereocenters. The fourth-order valence-corrected chi connectivity index (χ4v) is 3.99. The number of benzene rings is 1. The molecule has 2 saturated carbocycles. The summed E-state index contributed by atoms with van der Waals surface area (Å²) in [6.45, 7) is 1.56. The van der Waals surface area contributed by atoms with Crippen LogP contribution in [0, 0.1) is 5.92 Å². The Balaban J connectivity index is 1.34. The Morgan fingerprint density at radius 1 is 1.10 bits per heavy atom. The van der Waals surface area contributed by atoms with E-state index in [1.54, 1.807) is 10.7 Å². The standard InChI is InChI=1S/C23H28N4O4/c1-15-7-5-6-10-18(15)24-23(30)25-21(28)14-31-22(29)20-13-19(16-11-12-16)26-27(20)17-8-3-2-4-9-17/h2-4,8-9,13,15-16,18H,5-7,10-12,14H2,1H3,(H2,24,25,28,30)/t15-,18+/m0/s1. The van der Waals surface area contributed by atoms with E-state index in [-0.39, 0.29) is 11.7 Å². The number of nitrogens with one attached hydrogen (secondary N) is 2. The van der Waals surface area contributed by atoms with E-state index in [0.29, 0.717) is 11.8 Å². The molecule has 2 atom stereocenters. The Hall–Kier alpha value is -3.16. The second-order valence-electron chi connectivity index (χ2n) is 8.44. The minimum Gasteiger partial charge on any atom is -0.451 e. The van der Waals surface area contributed by atoms with Crippen molar-refractivity contribution < 1.29 is 19.1 Å². The van der Waals surface area contributed by atoms with Gasteiger partial charge in [0.2, 0.25) is 0 Å². The number of amides is 3. The maximum absolute atomic E-state index is 12.7. The zero-order chi connectivity index (χ0) is 21.8. The van der Waals surface area contributed by atoms with Gasteiger partial charge in [0.1, 0.15) is 0 Å². The van der Waals surface area contributed by atoms with Gasteiger partial charge in [0.15, 0.2) is 12.3 Å². The van der Waals surface area contributed by atoms with Crippen LogP contribution < -0.4 is 10.6 Å². The van der Waals surface area contributed by atoms with E-state index >= 15 is 0 Å². The summed E-state index contributed by atoms with van der Waals surface area (Å²) in [6.07, 6.45) is 6.31. The topological polar surface area (TPSA) is 102 Å².